The molecule has 1 aliphatic heterocycles. The Hall–Kier alpha value is -2.72. The monoisotopic (exact) mass is 777 g/mol. The van der Waals surface area contributed by atoms with Crippen LogP contribution in [0.3, 0.4) is 0 Å². The molecule has 3 aromatic rings. The molecule has 2 aliphatic carbocycles. The van der Waals surface area contributed by atoms with E-state index < -0.39 is 5.41 Å². The number of fused-ring (bicyclic) bond motifs is 1. The van der Waals surface area contributed by atoms with Crippen molar-refractivity contribution in [3.63, 3.8) is 0 Å². The van der Waals surface area contributed by atoms with Crippen LogP contribution in [0.5, 0.6) is 11.5 Å². The summed E-state index contributed by atoms with van der Waals surface area (Å²) in [5.74, 6) is 4.39. The first kappa shape index (κ1) is 37.1. The molecule has 1 heterocycles. The molecule has 0 amide bonds. The van der Waals surface area contributed by atoms with Crippen LogP contribution >= 0.6 is 39.5 Å². The van der Waals surface area contributed by atoms with Gasteiger partial charge in [0.15, 0.2) is 23.0 Å². The molecule has 0 aromatic heterocycles. The number of carbonyl (C=O) groups excluding carboxylic acids is 2. The number of methoxy groups -OCH3 is 2. The van der Waals surface area contributed by atoms with Crippen LogP contribution < -0.4 is 9.47 Å². The number of rotatable bonds is 16. The minimum Gasteiger partial charge on any atom is -0.493 e. The lowest BCUT2D eigenvalue weighted by Gasteiger charge is -2.56. The van der Waals surface area contributed by atoms with Crippen molar-refractivity contribution in [3.05, 3.63) is 105 Å². The molecule has 3 aromatic carbocycles. The predicted molar refractivity (Wildman–Crippen MR) is 208 cm³/mol. The zero-order chi connectivity index (χ0) is 35.1. The predicted octanol–water partition coefficient (Wildman–Crippen LogP) is 9.17. The van der Waals surface area contributed by atoms with E-state index in [1.54, 1.807) is 14.2 Å². The van der Waals surface area contributed by atoms with Gasteiger partial charge >= 0.3 is 5.97 Å². The highest BCUT2D eigenvalue weighted by atomic mass is 79.9. The van der Waals surface area contributed by atoms with Crippen LogP contribution in [0.1, 0.15) is 67.2 Å². The van der Waals surface area contributed by atoms with Crippen molar-refractivity contribution in [1.29, 1.82) is 0 Å². The fourth-order valence-corrected chi connectivity index (χ4v) is 11.0. The fourth-order valence-electron chi connectivity index (χ4n) is 8.02. The maximum absolute atomic E-state index is 13.6. The molecule has 50 heavy (non-hydrogen) atoms. The minimum atomic E-state index is -0.488. The number of ketones is 1. The SMILES string of the molecule is COC1=CC2[C@@H]3Cc4c(Br)cc(OC)c(OC(=O)CCCCC(CCSCc5ccccc5)SCc5ccccc5)c4[C@]2(CCN3C)CC1=O. The number of halogens is 1. The van der Waals surface area contributed by atoms with Gasteiger partial charge in [0.2, 0.25) is 0 Å². The number of carbonyl (C=O) groups is 2. The standard InChI is InChI=1S/C41H48BrNO5S2/c1-43-20-19-41-25-35(44)36(46-2)23-32(41)34(43)22-31-33(42)24-37(47-3)40(39(31)41)48-38(45)17-11-10-16-30(50-27-29-14-8-5-9-15-29)18-21-49-26-28-12-6-4-7-13-28/h4-9,12-15,23-24,30,32,34H,10-11,16-22,25-27H2,1-3H3/t30?,32?,34-,41+/m0/s1. The van der Waals surface area contributed by atoms with Crippen LogP contribution in [-0.2, 0) is 37.7 Å². The lowest BCUT2D eigenvalue weighted by molar-refractivity contribution is -0.134. The van der Waals surface area contributed by atoms with Gasteiger partial charge in [-0.05, 0) is 80.3 Å². The average Bonchev–Trinajstić information content (AvgIpc) is 3.13. The van der Waals surface area contributed by atoms with Crippen molar-refractivity contribution in [2.45, 2.75) is 79.6 Å². The number of benzene rings is 3. The van der Waals surface area contributed by atoms with Crippen LogP contribution in [0.4, 0.5) is 0 Å². The summed E-state index contributed by atoms with van der Waals surface area (Å²) in [4.78, 5) is 29.4. The van der Waals surface area contributed by atoms with Crippen molar-refractivity contribution in [3.8, 4) is 11.5 Å². The number of esters is 1. The fraction of sp³-hybridized carbons (Fsp3) is 0.463. The Morgan fingerprint density at radius 2 is 1.72 bits per heavy atom. The van der Waals surface area contributed by atoms with E-state index in [4.69, 9.17) is 14.2 Å². The van der Waals surface area contributed by atoms with Crippen LogP contribution in [0.25, 0.3) is 0 Å². The van der Waals surface area contributed by atoms with Crippen LogP contribution in [0.15, 0.2) is 83.0 Å². The number of piperidine rings is 1. The number of ether oxygens (including phenoxy) is 3. The number of hydrogen-bond acceptors (Lipinski definition) is 8. The Morgan fingerprint density at radius 1 is 1.00 bits per heavy atom. The third kappa shape index (κ3) is 8.32. The van der Waals surface area contributed by atoms with Crippen molar-refractivity contribution in [1.82, 2.24) is 4.90 Å². The lowest BCUT2D eigenvalue weighted by Crippen LogP contribution is -2.60. The summed E-state index contributed by atoms with van der Waals surface area (Å²) in [5, 5.41) is 0.524. The van der Waals surface area contributed by atoms with Crippen molar-refractivity contribution in [2.75, 3.05) is 33.6 Å². The summed E-state index contributed by atoms with van der Waals surface area (Å²) in [7, 11) is 5.34. The second-order valence-corrected chi connectivity index (χ2v) is 17.0. The Morgan fingerprint density at radius 3 is 2.42 bits per heavy atom. The van der Waals surface area contributed by atoms with E-state index in [2.05, 4.69) is 88.5 Å². The molecule has 0 spiro atoms. The third-order valence-electron chi connectivity index (χ3n) is 10.7. The third-order valence-corrected chi connectivity index (χ3v) is 13.9. The van der Waals surface area contributed by atoms with Gasteiger partial charge in [-0.2, -0.15) is 23.5 Å². The van der Waals surface area contributed by atoms with Gasteiger partial charge in [0.05, 0.1) is 14.2 Å². The van der Waals surface area contributed by atoms with Crippen molar-refractivity contribution >= 4 is 51.2 Å². The summed E-state index contributed by atoms with van der Waals surface area (Å²) < 4.78 is 18.6. The van der Waals surface area contributed by atoms with Crippen molar-refractivity contribution in [2.24, 2.45) is 5.92 Å². The Kier molecular flexibility index (Phi) is 12.7. The van der Waals surface area contributed by atoms with Gasteiger partial charge in [-0.25, -0.2) is 0 Å². The molecule has 0 N–H and O–H groups in total. The number of unbranched alkanes of at least 4 members (excludes halogenated alkanes) is 1. The number of allylic oxidation sites excluding steroid dienone is 1. The molecule has 266 valence electrons. The van der Waals surface area contributed by atoms with Crippen LogP contribution in [0.2, 0.25) is 0 Å². The Labute approximate surface area is 314 Å². The van der Waals surface area contributed by atoms with E-state index in [9.17, 15) is 9.59 Å². The number of likely N-dealkylation sites (N-methyl/N-ethyl adjacent to an activating group) is 1. The van der Waals surface area contributed by atoms with Gasteiger partial charge in [0.1, 0.15) is 0 Å². The molecule has 0 saturated carbocycles. The number of thioether (sulfide) groups is 2. The largest absolute Gasteiger partial charge is 0.493 e. The Bertz CT molecular complexity index is 1670. The summed E-state index contributed by atoms with van der Waals surface area (Å²) >= 11 is 7.84. The quantitative estimate of drug-likeness (QED) is 0.0811. The van der Waals surface area contributed by atoms with Gasteiger partial charge in [-0.3, -0.25) is 9.59 Å². The lowest BCUT2D eigenvalue weighted by atomic mass is 9.53. The topological polar surface area (TPSA) is 65.1 Å². The van der Waals surface area contributed by atoms with E-state index in [1.807, 2.05) is 35.7 Å². The number of nitrogens with zero attached hydrogens (tertiary/aromatic N) is 1. The molecule has 1 saturated heterocycles. The normalized spacial score (nSPS) is 21.8. The molecule has 6 nitrogen and oxygen atoms in total. The zero-order valence-corrected chi connectivity index (χ0v) is 32.5. The summed E-state index contributed by atoms with van der Waals surface area (Å²) in [6.45, 7) is 0.862. The van der Waals surface area contributed by atoms with E-state index in [1.165, 1.54) is 11.1 Å². The average molecular weight is 779 g/mol. The molecule has 3 aliphatic rings. The second kappa shape index (κ2) is 17.2. The first-order valence-electron chi connectivity index (χ1n) is 17.7. The molecule has 2 bridgehead atoms. The summed E-state index contributed by atoms with van der Waals surface area (Å²) in [5.41, 5.74) is 4.29. The van der Waals surface area contributed by atoms with Crippen molar-refractivity contribution < 1.29 is 23.8 Å². The van der Waals surface area contributed by atoms with E-state index in [0.29, 0.717) is 35.3 Å². The first-order valence-corrected chi connectivity index (χ1v) is 20.7. The maximum Gasteiger partial charge on any atom is 0.311 e. The maximum atomic E-state index is 13.6. The molecule has 2 unspecified atom stereocenters. The molecule has 9 heteroatoms. The van der Waals surface area contributed by atoms with Gasteiger partial charge in [0, 0.05) is 57.0 Å². The summed E-state index contributed by atoms with van der Waals surface area (Å²) in [6, 6.07) is 23.5. The van der Waals surface area contributed by atoms with Crippen LogP contribution in [-0.4, -0.2) is 61.5 Å². The highest BCUT2D eigenvalue weighted by molar-refractivity contribution is 9.10. The molecule has 4 atom stereocenters. The zero-order valence-electron chi connectivity index (χ0n) is 29.3. The van der Waals surface area contributed by atoms with Gasteiger partial charge in [-0.15, -0.1) is 0 Å². The van der Waals surface area contributed by atoms with E-state index in [0.717, 1.165) is 77.9 Å². The highest BCUT2D eigenvalue weighted by Gasteiger charge is 2.57. The second-order valence-electron chi connectivity index (χ2n) is 13.7. The number of hydrogen-bond donors (Lipinski definition) is 0. The smallest absolute Gasteiger partial charge is 0.311 e. The highest BCUT2D eigenvalue weighted by Crippen LogP contribution is 2.59. The van der Waals surface area contributed by atoms with Gasteiger partial charge in [0.25, 0.3) is 0 Å². The molecule has 0 radical (unpaired) electrons. The van der Waals surface area contributed by atoms with Crippen LogP contribution in [0, 0.1) is 5.92 Å². The first-order chi connectivity index (χ1) is 24.3. The van der Waals surface area contributed by atoms with Gasteiger partial charge < -0.3 is 19.1 Å². The number of likely N-dealkylation sites (tertiary alicyclic amines) is 1. The Balaban J connectivity index is 1.12. The minimum absolute atomic E-state index is 0.00530. The van der Waals surface area contributed by atoms with E-state index >= 15 is 0 Å². The van der Waals surface area contributed by atoms with Gasteiger partial charge in [-0.1, -0.05) is 83.0 Å². The molecule has 1 fully saturated rings. The number of Topliss-reactive ketones (excluding diaryl/α,β-unsaturated/α-hetero) is 1. The molecule has 6 rings (SSSR count). The van der Waals surface area contributed by atoms with E-state index in [-0.39, 0.29) is 23.7 Å². The summed E-state index contributed by atoms with van der Waals surface area (Å²) in [6.07, 6.45) is 8.17. The molecular formula is C41H48BrNO5S2. The molecular weight excluding hydrogens is 730 g/mol.